The quantitative estimate of drug-likeness (QED) is 0.766. The molecule has 98 valence electrons. The molecule has 0 radical (unpaired) electrons. The molecule has 0 unspecified atom stereocenters. The Balaban J connectivity index is 0.00000133. The standard InChI is InChI=1S/C12H12BClF3O.K/c1-18-10-4-8(2-3-9(10)14)11-5-12(6-11,7-11)13(15,16)17;/h2-4H,5-7H2,1H3;/q-1;+1. The van der Waals surface area contributed by atoms with E-state index in [1.54, 1.807) is 12.1 Å². The fraction of sp³-hybridized carbons (Fsp3) is 0.500. The number of hydrogen-bond donors (Lipinski definition) is 0. The van der Waals surface area contributed by atoms with Gasteiger partial charge in [-0.15, -0.1) is 0 Å². The number of ether oxygens (including phenoxy) is 1. The molecule has 1 nitrogen and oxygen atoms in total. The zero-order chi connectivity index (χ0) is 13.2. The summed E-state index contributed by atoms with van der Waals surface area (Å²) in [6.45, 7) is -4.71. The van der Waals surface area contributed by atoms with Gasteiger partial charge < -0.3 is 17.7 Å². The van der Waals surface area contributed by atoms with Crippen molar-refractivity contribution in [3.63, 3.8) is 0 Å². The van der Waals surface area contributed by atoms with Gasteiger partial charge in [0.25, 0.3) is 0 Å². The SMILES string of the molecule is COc1cc(C23CC([B-](F)(F)F)(C2)C3)ccc1Cl.[K+]. The van der Waals surface area contributed by atoms with Gasteiger partial charge in [0.05, 0.1) is 12.1 Å². The summed E-state index contributed by atoms with van der Waals surface area (Å²) in [5, 5.41) is -0.866. The van der Waals surface area contributed by atoms with Crippen LogP contribution in [-0.4, -0.2) is 14.1 Å². The van der Waals surface area contributed by atoms with E-state index in [9.17, 15) is 12.9 Å². The molecule has 0 amide bonds. The fourth-order valence-electron chi connectivity index (χ4n) is 3.51. The number of hydrogen-bond acceptors (Lipinski definition) is 1. The third kappa shape index (κ3) is 2.23. The average Bonchev–Trinajstić information content (AvgIpc) is 2.14. The van der Waals surface area contributed by atoms with Crippen molar-refractivity contribution in [1.29, 1.82) is 0 Å². The molecule has 3 aliphatic rings. The van der Waals surface area contributed by atoms with E-state index in [-0.39, 0.29) is 76.1 Å². The van der Waals surface area contributed by atoms with E-state index < -0.39 is 12.3 Å². The second-order valence-electron chi connectivity index (χ2n) is 5.60. The van der Waals surface area contributed by atoms with E-state index in [1.807, 2.05) is 6.07 Å². The molecular weight excluding hydrogens is 302 g/mol. The molecule has 3 saturated carbocycles. The molecule has 1 aromatic rings. The maximum Gasteiger partial charge on any atom is 1.00 e. The molecular formula is C12H12BClF3KO. The molecule has 0 N–H and O–H groups in total. The summed E-state index contributed by atoms with van der Waals surface area (Å²) in [6.07, 6.45) is 0.691. The van der Waals surface area contributed by atoms with Crippen LogP contribution in [0.1, 0.15) is 24.8 Å². The second kappa shape index (κ2) is 4.92. The Morgan fingerprint density at radius 2 is 1.79 bits per heavy atom. The van der Waals surface area contributed by atoms with E-state index in [0.717, 1.165) is 5.56 Å². The molecule has 7 heteroatoms. The minimum atomic E-state index is -4.71. The van der Waals surface area contributed by atoms with Crippen LogP contribution in [0.25, 0.3) is 0 Å². The molecule has 0 atom stereocenters. The number of halogens is 4. The van der Waals surface area contributed by atoms with Gasteiger partial charge in [0.2, 0.25) is 0 Å². The molecule has 3 fully saturated rings. The van der Waals surface area contributed by atoms with Crippen LogP contribution in [-0.2, 0) is 5.41 Å². The Morgan fingerprint density at radius 3 is 2.26 bits per heavy atom. The molecule has 3 aliphatic carbocycles. The summed E-state index contributed by atoms with van der Waals surface area (Å²) in [5.41, 5.74) is 0.639. The van der Waals surface area contributed by atoms with Gasteiger partial charge in [-0.2, -0.15) is 0 Å². The number of methoxy groups -OCH3 is 1. The van der Waals surface area contributed by atoms with Crippen molar-refractivity contribution in [2.45, 2.75) is 30.0 Å². The first kappa shape index (κ1) is 16.2. The monoisotopic (exact) mass is 314 g/mol. The van der Waals surface area contributed by atoms with Crippen LogP contribution in [0.3, 0.4) is 0 Å². The maximum atomic E-state index is 12.8. The Kier molecular flexibility index (Phi) is 4.19. The van der Waals surface area contributed by atoms with Crippen LogP contribution in [0.15, 0.2) is 18.2 Å². The predicted octanol–water partition coefficient (Wildman–Crippen LogP) is 1.38. The molecule has 0 saturated heterocycles. The molecule has 0 heterocycles. The van der Waals surface area contributed by atoms with Gasteiger partial charge in [-0.1, -0.05) is 42.2 Å². The van der Waals surface area contributed by atoms with Gasteiger partial charge in [-0.3, -0.25) is 0 Å². The molecule has 0 spiro atoms. The average molecular weight is 315 g/mol. The molecule has 2 bridgehead atoms. The molecule has 0 aliphatic heterocycles. The zero-order valence-corrected chi connectivity index (χ0v) is 14.7. The van der Waals surface area contributed by atoms with Crippen LogP contribution in [0.5, 0.6) is 5.75 Å². The third-order valence-corrected chi connectivity index (χ3v) is 4.84. The zero-order valence-electron chi connectivity index (χ0n) is 10.9. The van der Waals surface area contributed by atoms with Crippen molar-refractivity contribution in [3.05, 3.63) is 28.8 Å². The summed E-state index contributed by atoms with van der Waals surface area (Å²) in [7, 11) is 1.51. The molecule has 1 aromatic carbocycles. The molecule has 19 heavy (non-hydrogen) atoms. The van der Waals surface area contributed by atoms with Crippen LogP contribution in [0, 0.1) is 0 Å². The van der Waals surface area contributed by atoms with E-state index in [2.05, 4.69) is 0 Å². The number of rotatable bonds is 3. The van der Waals surface area contributed by atoms with Gasteiger partial charge >= 0.3 is 58.4 Å². The van der Waals surface area contributed by atoms with Crippen LogP contribution < -0.4 is 56.1 Å². The summed E-state index contributed by atoms with van der Waals surface area (Å²) in [6, 6.07) is 5.29. The van der Waals surface area contributed by atoms with Gasteiger partial charge in [0, 0.05) is 0 Å². The van der Waals surface area contributed by atoms with E-state index in [4.69, 9.17) is 16.3 Å². The van der Waals surface area contributed by atoms with Crippen molar-refractivity contribution in [2.24, 2.45) is 0 Å². The fourth-order valence-corrected chi connectivity index (χ4v) is 3.70. The summed E-state index contributed by atoms with van der Waals surface area (Å²) < 4.78 is 43.6. The summed E-state index contributed by atoms with van der Waals surface area (Å²) in [4.78, 5) is 0. The minimum absolute atomic E-state index is 0. The topological polar surface area (TPSA) is 9.23 Å². The predicted molar refractivity (Wildman–Crippen MR) is 65.3 cm³/mol. The Hall–Kier alpha value is 0.801. The maximum absolute atomic E-state index is 12.8. The van der Waals surface area contributed by atoms with Gasteiger partial charge in [-0.05, 0) is 23.1 Å². The minimum Gasteiger partial charge on any atom is -0.495 e. The number of benzene rings is 1. The first-order chi connectivity index (χ1) is 8.32. The first-order valence-corrected chi connectivity index (χ1v) is 6.23. The second-order valence-corrected chi connectivity index (χ2v) is 6.00. The normalized spacial score (nSPS) is 31.8. The van der Waals surface area contributed by atoms with E-state index >= 15 is 0 Å². The summed E-state index contributed by atoms with van der Waals surface area (Å²) in [5.74, 6) is 0.533. The molecule has 4 rings (SSSR count). The smallest absolute Gasteiger partial charge is 0.495 e. The molecule has 0 aromatic heterocycles. The Morgan fingerprint density at radius 1 is 1.21 bits per heavy atom. The van der Waals surface area contributed by atoms with E-state index in [1.165, 1.54) is 7.11 Å². The van der Waals surface area contributed by atoms with Crippen molar-refractivity contribution in [2.75, 3.05) is 7.11 Å². The largest absolute Gasteiger partial charge is 1.00 e. The van der Waals surface area contributed by atoms with Crippen LogP contribution in [0.2, 0.25) is 10.3 Å². The van der Waals surface area contributed by atoms with Crippen molar-refractivity contribution < 1.29 is 69.1 Å². The van der Waals surface area contributed by atoms with Gasteiger partial charge in [0.15, 0.2) is 0 Å². The van der Waals surface area contributed by atoms with Gasteiger partial charge in [-0.25, -0.2) is 0 Å². The van der Waals surface area contributed by atoms with E-state index in [0.29, 0.717) is 10.8 Å². The van der Waals surface area contributed by atoms with Gasteiger partial charge in [0.1, 0.15) is 5.75 Å². The summed E-state index contributed by atoms with van der Waals surface area (Å²) >= 11 is 5.92. The Labute approximate surface area is 157 Å². The third-order valence-electron chi connectivity index (χ3n) is 4.53. The van der Waals surface area contributed by atoms with Crippen molar-refractivity contribution >= 4 is 18.6 Å². The van der Waals surface area contributed by atoms with Crippen molar-refractivity contribution in [3.8, 4) is 5.75 Å². The van der Waals surface area contributed by atoms with Crippen LogP contribution >= 0.6 is 11.6 Å². The Bertz CT molecular complexity index is 500. The first-order valence-electron chi connectivity index (χ1n) is 5.85. The van der Waals surface area contributed by atoms with Crippen molar-refractivity contribution in [1.82, 2.24) is 0 Å². The van der Waals surface area contributed by atoms with Crippen LogP contribution in [0.4, 0.5) is 12.9 Å².